The average Bonchev–Trinajstić information content (AvgIpc) is 2.11. The van der Waals surface area contributed by atoms with Crippen LogP contribution in [-0.2, 0) is 10.7 Å². The summed E-state index contributed by atoms with van der Waals surface area (Å²) >= 11 is 0. The lowest BCUT2D eigenvalue weighted by molar-refractivity contribution is 0.619. The fourth-order valence-electron chi connectivity index (χ4n) is 0.129. The van der Waals surface area contributed by atoms with Crippen LogP contribution >= 0.6 is 0 Å². The minimum Gasteiger partial charge on any atom is -0.246 e. The van der Waals surface area contributed by atoms with E-state index in [0.717, 1.165) is 6.26 Å². The minimum atomic E-state index is -2.12. The molecule has 0 aromatic carbocycles. The summed E-state index contributed by atoms with van der Waals surface area (Å²) in [5.74, 6) is 0. The normalized spacial score (nSPS) is 8.22. The molecule has 0 bridgehead atoms. The first-order valence-corrected chi connectivity index (χ1v) is 3.61. The van der Waals surface area contributed by atoms with Crippen molar-refractivity contribution in [2.75, 3.05) is 6.26 Å². The van der Waals surface area contributed by atoms with Gasteiger partial charge in [0.05, 0.1) is 0 Å². The SMILES string of the molecule is C[SH](=O)=O.c1nnn[nH]1. The Morgan fingerprint density at radius 2 is 2.11 bits per heavy atom. The number of H-pyrrole nitrogens is 1. The summed E-state index contributed by atoms with van der Waals surface area (Å²) < 4.78 is 18.1. The third-order valence-corrected chi connectivity index (χ3v) is 0.270. The highest BCUT2D eigenvalue weighted by atomic mass is 32.2. The van der Waals surface area contributed by atoms with Gasteiger partial charge in [0, 0.05) is 6.26 Å². The van der Waals surface area contributed by atoms with Gasteiger partial charge in [-0.05, 0) is 10.4 Å². The Morgan fingerprint density at radius 3 is 2.22 bits per heavy atom. The minimum absolute atomic E-state index is 1.12. The molecule has 1 aromatic heterocycles. The summed E-state index contributed by atoms with van der Waals surface area (Å²) in [6, 6.07) is 0. The second-order valence-electron chi connectivity index (χ2n) is 1.00. The van der Waals surface area contributed by atoms with E-state index in [1.807, 2.05) is 0 Å². The Labute approximate surface area is 53.2 Å². The number of tetrazole rings is 1. The zero-order chi connectivity index (χ0) is 7.11. The van der Waals surface area contributed by atoms with E-state index in [1.165, 1.54) is 6.33 Å². The quantitative estimate of drug-likeness (QED) is 0.436. The Balaban J connectivity index is 0.000000148. The Hall–Kier alpha value is -0.980. The van der Waals surface area contributed by atoms with Crippen molar-refractivity contribution < 1.29 is 8.42 Å². The van der Waals surface area contributed by atoms with Crippen molar-refractivity contribution in [3.63, 3.8) is 0 Å². The van der Waals surface area contributed by atoms with Crippen LogP contribution in [0.4, 0.5) is 0 Å². The first-order chi connectivity index (χ1) is 4.23. The third-order valence-electron chi connectivity index (χ3n) is 0.270. The maximum atomic E-state index is 9.04. The van der Waals surface area contributed by atoms with E-state index in [1.54, 1.807) is 0 Å². The molecule has 9 heavy (non-hydrogen) atoms. The van der Waals surface area contributed by atoms with Gasteiger partial charge in [0.15, 0.2) is 0 Å². The molecular formula is C2H6N4O2S. The molecule has 0 atom stereocenters. The van der Waals surface area contributed by atoms with E-state index in [4.69, 9.17) is 8.42 Å². The summed E-state index contributed by atoms with van der Waals surface area (Å²) in [7, 11) is -2.12. The van der Waals surface area contributed by atoms with Crippen LogP contribution in [0.3, 0.4) is 0 Å². The molecular weight excluding hydrogens is 144 g/mol. The van der Waals surface area contributed by atoms with Gasteiger partial charge in [-0.2, -0.15) is 0 Å². The lowest BCUT2D eigenvalue weighted by atomic mass is 11.4. The largest absolute Gasteiger partial charge is 0.246 e. The zero-order valence-electron chi connectivity index (χ0n) is 4.68. The first kappa shape index (κ1) is 8.02. The summed E-state index contributed by atoms with van der Waals surface area (Å²) in [4.78, 5) is 0. The fourth-order valence-corrected chi connectivity index (χ4v) is 0.129. The van der Waals surface area contributed by atoms with Crippen LogP contribution in [0.1, 0.15) is 0 Å². The topological polar surface area (TPSA) is 88.6 Å². The van der Waals surface area contributed by atoms with E-state index in [2.05, 4.69) is 20.6 Å². The number of rotatable bonds is 0. The number of thiol groups is 1. The molecule has 0 spiro atoms. The molecule has 0 aliphatic carbocycles. The average molecular weight is 150 g/mol. The van der Waals surface area contributed by atoms with Crippen molar-refractivity contribution in [3.05, 3.63) is 6.33 Å². The predicted octanol–water partition coefficient (Wildman–Crippen LogP) is -1.57. The molecule has 0 aliphatic heterocycles. The van der Waals surface area contributed by atoms with Crippen molar-refractivity contribution >= 4 is 10.7 Å². The molecule has 0 fully saturated rings. The lowest BCUT2D eigenvalue weighted by Crippen LogP contribution is -1.64. The number of nitrogens with one attached hydrogen (secondary N) is 1. The summed E-state index contributed by atoms with van der Waals surface area (Å²) in [6.07, 6.45) is 2.52. The molecule has 0 unspecified atom stereocenters. The van der Waals surface area contributed by atoms with Crippen LogP contribution in [-0.4, -0.2) is 35.3 Å². The molecule has 1 heterocycles. The maximum absolute atomic E-state index is 9.04. The Bertz CT molecular complexity index is 167. The van der Waals surface area contributed by atoms with E-state index in [-0.39, 0.29) is 0 Å². The van der Waals surface area contributed by atoms with Crippen LogP contribution in [0.25, 0.3) is 0 Å². The van der Waals surface area contributed by atoms with Gasteiger partial charge in [0.2, 0.25) is 0 Å². The van der Waals surface area contributed by atoms with Crippen molar-refractivity contribution in [3.8, 4) is 0 Å². The summed E-state index contributed by atoms with van der Waals surface area (Å²) in [6.45, 7) is 0. The molecule has 1 aromatic rings. The molecule has 7 heteroatoms. The van der Waals surface area contributed by atoms with Gasteiger partial charge >= 0.3 is 0 Å². The molecule has 1 N–H and O–H groups in total. The number of hydrogen-bond acceptors (Lipinski definition) is 5. The Morgan fingerprint density at radius 1 is 1.56 bits per heavy atom. The molecule has 0 saturated carbocycles. The number of nitrogens with zero attached hydrogens (tertiary/aromatic N) is 3. The smallest absolute Gasteiger partial charge is 0.137 e. The van der Waals surface area contributed by atoms with Gasteiger partial charge in [-0.25, -0.2) is 13.5 Å². The van der Waals surface area contributed by atoms with Gasteiger partial charge in [-0.3, -0.25) is 0 Å². The molecule has 0 radical (unpaired) electrons. The van der Waals surface area contributed by atoms with Crippen molar-refractivity contribution in [1.29, 1.82) is 0 Å². The van der Waals surface area contributed by atoms with E-state index >= 15 is 0 Å². The second kappa shape index (κ2) is 5.16. The van der Waals surface area contributed by atoms with Crippen molar-refractivity contribution in [2.24, 2.45) is 0 Å². The van der Waals surface area contributed by atoms with Gasteiger partial charge in [-0.1, -0.05) is 0 Å². The van der Waals surface area contributed by atoms with Crippen LogP contribution < -0.4 is 0 Å². The molecule has 52 valence electrons. The van der Waals surface area contributed by atoms with Gasteiger partial charge in [0.25, 0.3) is 0 Å². The molecule has 0 saturated heterocycles. The fraction of sp³-hybridized carbons (Fsp3) is 0.500. The van der Waals surface area contributed by atoms with Gasteiger partial charge in [0.1, 0.15) is 17.0 Å². The lowest BCUT2D eigenvalue weighted by Gasteiger charge is -1.42. The van der Waals surface area contributed by atoms with E-state index in [9.17, 15) is 0 Å². The Kier molecular flexibility index (Phi) is 4.60. The molecule has 6 nitrogen and oxygen atoms in total. The highest BCUT2D eigenvalue weighted by Gasteiger charge is 1.58. The van der Waals surface area contributed by atoms with Gasteiger partial charge in [-0.15, -0.1) is 5.10 Å². The zero-order valence-corrected chi connectivity index (χ0v) is 5.58. The van der Waals surface area contributed by atoms with Crippen LogP contribution in [0.2, 0.25) is 0 Å². The molecule has 1 rings (SSSR count). The van der Waals surface area contributed by atoms with Crippen LogP contribution in [0.15, 0.2) is 6.33 Å². The number of hydrogen-bond donors (Lipinski definition) is 2. The van der Waals surface area contributed by atoms with Crippen LogP contribution in [0, 0.1) is 0 Å². The van der Waals surface area contributed by atoms with Crippen molar-refractivity contribution in [2.45, 2.75) is 0 Å². The number of aromatic nitrogens is 4. The van der Waals surface area contributed by atoms with E-state index < -0.39 is 10.7 Å². The third kappa shape index (κ3) is 10.9. The summed E-state index contributed by atoms with van der Waals surface area (Å²) in [5.41, 5.74) is 0. The highest BCUT2D eigenvalue weighted by Crippen LogP contribution is 1.43. The van der Waals surface area contributed by atoms with Crippen molar-refractivity contribution in [1.82, 2.24) is 20.6 Å². The van der Waals surface area contributed by atoms with Gasteiger partial charge < -0.3 is 0 Å². The monoisotopic (exact) mass is 150 g/mol. The second-order valence-corrected chi connectivity index (χ2v) is 1.88. The molecule has 0 aliphatic rings. The highest BCUT2D eigenvalue weighted by molar-refractivity contribution is 7.71. The summed E-state index contributed by atoms with van der Waals surface area (Å²) in [5, 5.41) is 12.1. The number of aromatic amines is 1. The van der Waals surface area contributed by atoms with E-state index in [0.29, 0.717) is 0 Å². The predicted molar refractivity (Wildman–Crippen MR) is 30.4 cm³/mol. The first-order valence-electron chi connectivity index (χ1n) is 1.98. The maximum Gasteiger partial charge on any atom is 0.137 e. The standard InChI is InChI=1S/CH2N4.CH4O2S/c1-2-4-5-3-1;1-4(2)3/h1H,(H,2,3,4,5);4H,1H3. The molecule has 0 amide bonds. The van der Waals surface area contributed by atoms with Crippen LogP contribution in [0.5, 0.6) is 0 Å².